The van der Waals surface area contributed by atoms with Crippen LogP contribution in [-0.4, -0.2) is 17.7 Å². The molecule has 0 bridgehead atoms. The molecule has 62 valence electrons. The van der Waals surface area contributed by atoms with Gasteiger partial charge in [-0.15, -0.1) is 11.6 Å². The van der Waals surface area contributed by atoms with Crippen molar-refractivity contribution in [1.29, 1.82) is 0 Å². The molecule has 0 rings (SSSR count). The Kier molecular flexibility index (Phi) is 2.95. The van der Waals surface area contributed by atoms with Crippen LogP contribution in [0.4, 0.5) is 17.6 Å². The first-order valence-electron chi connectivity index (χ1n) is 2.63. The Balaban J connectivity index is 4.10. The molecule has 0 fully saturated rings. The second-order valence-corrected chi connectivity index (χ2v) is 2.41. The van der Waals surface area contributed by atoms with E-state index in [1.54, 1.807) is 0 Å². The lowest BCUT2D eigenvalue weighted by molar-refractivity contribution is -0.197. The highest BCUT2D eigenvalue weighted by Gasteiger charge is 2.51. The molecule has 5 heteroatoms. The van der Waals surface area contributed by atoms with Crippen LogP contribution in [0.15, 0.2) is 0 Å². The van der Waals surface area contributed by atoms with Crippen LogP contribution in [0.25, 0.3) is 0 Å². The molecule has 0 unspecified atom stereocenters. The molecule has 0 atom stereocenters. The lowest BCUT2D eigenvalue weighted by atomic mass is 10.1. The molecule has 0 N–H and O–H groups in total. The van der Waals surface area contributed by atoms with E-state index in [0.717, 1.165) is 0 Å². The molecule has 0 aliphatic rings. The summed E-state index contributed by atoms with van der Waals surface area (Å²) in [5, 5.41) is 0. The summed E-state index contributed by atoms with van der Waals surface area (Å²) in [6.45, 7) is 0.180. The monoisotopic (exact) mass is 178 g/mol. The first-order chi connectivity index (χ1) is 4.31. The van der Waals surface area contributed by atoms with Gasteiger partial charge in [-0.25, -0.2) is 8.78 Å². The van der Waals surface area contributed by atoms with Crippen LogP contribution >= 0.6 is 11.6 Å². The Bertz CT molecular complexity index is 107. The zero-order valence-corrected chi connectivity index (χ0v) is 6.06. The summed E-state index contributed by atoms with van der Waals surface area (Å²) in [6, 6.07) is 0. The summed E-state index contributed by atoms with van der Waals surface area (Å²) >= 11 is 4.88. The topological polar surface area (TPSA) is 0 Å². The molecule has 0 saturated carbocycles. The van der Waals surface area contributed by atoms with E-state index in [2.05, 4.69) is 0 Å². The van der Waals surface area contributed by atoms with E-state index in [1.165, 1.54) is 0 Å². The van der Waals surface area contributed by atoms with Gasteiger partial charge in [0.25, 0.3) is 0 Å². The fourth-order valence-corrected chi connectivity index (χ4v) is 0.576. The third-order valence-electron chi connectivity index (χ3n) is 1.05. The summed E-state index contributed by atoms with van der Waals surface area (Å²) in [6.07, 6.45) is -0.988. The fourth-order valence-electron chi connectivity index (χ4n) is 0.338. The van der Waals surface area contributed by atoms with Gasteiger partial charge in [0.15, 0.2) is 0 Å². The summed E-state index contributed by atoms with van der Waals surface area (Å²) in [4.78, 5) is 0. The van der Waals surface area contributed by atoms with E-state index in [9.17, 15) is 17.6 Å². The Morgan fingerprint density at radius 1 is 1.20 bits per heavy atom. The molecule has 0 nitrogen and oxygen atoms in total. The van der Waals surface area contributed by atoms with Crippen LogP contribution in [0.3, 0.4) is 0 Å². The van der Waals surface area contributed by atoms with E-state index in [4.69, 9.17) is 11.6 Å². The quantitative estimate of drug-likeness (QED) is 0.461. The van der Waals surface area contributed by atoms with Gasteiger partial charge in [0.1, 0.15) is 0 Å². The van der Waals surface area contributed by atoms with Crippen molar-refractivity contribution < 1.29 is 17.6 Å². The van der Waals surface area contributed by atoms with Crippen LogP contribution in [0.5, 0.6) is 0 Å². The molecule has 0 aliphatic heterocycles. The average molecular weight is 179 g/mol. The molecule has 0 aromatic rings. The molecule has 10 heavy (non-hydrogen) atoms. The van der Waals surface area contributed by atoms with Crippen LogP contribution in [0.2, 0.25) is 0 Å². The van der Waals surface area contributed by atoms with Crippen molar-refractivity contribution in [3.63, 3.8) is 0 Å². The SMILES string of the molecule is CC(F)(F)C(F)(F)CCCl. The van der Waals surface area contributed by atoms with Gasteiger partial charge in [0, 0.05) is 19.2 Å². The van der Waals surface area contributed by atoms with Gasteiger partial charge in [-0.3, -0.25) is 0 Å². The lowest BCUT2D eigenvalue weighted by Gasteiger charge is -2.21. The molecule has 0 aromatic carbocycles. The normalized spacial score (nSPS) is 13.8. The molecule has 0 amide bonds. The van der Waals surface area contributed by atoms with E-state index in [1.807, 2.05) is 0 Å². The second kappa shape index (κ2) is 2.95. The third-order valence-corrected chi connectivity index (χ3v) is 1.24. The third kappa shape index (κ3) is 2.33. The maximum Gasteiger partial charge on any atom is 0.311 e. The van der Waals surface area contributed by atoms with Crippen molar-refractivity contribution in [1.82, 2.24) is 0 Å². The van der Waals surface area contributed by atoms with E-state index >= 15 is 0 Å². The smallest absolute Gasteiger partial charge is 0.200 e. The average Bonchev–Trinajstić information content (AvgIpc) is 1.61. The molecule has 0 aliphatic carbocycles. The molecular weight excluding hydrogens is 172 g/mol. The second-order valence-electron chi connectivity index (χ2n) is 2.03. The van der Waals surface area contributed by atoms with E-state index in [0.29, 0.717) is 0 Å². The fraction of sp³-hybridized carbons (Fsp3) is 1.00. The van der Waals surface area contributed by atoms with Crippen molar-refractivity contribution in [2.45, 2.75) is 25.2 Å². The van der Waals surface area contributed by atoms with Gasteiger partial charge in [0.05, 0.1) is 0 Å². The minimum atomic E-state index is -3.98. The minimum Gasteiger partial charge on any atom is -0.200 e. The number of halogens is 5. The Morgan fingerprint density at radius 3 is 1.70 bits per heavy atom. The molecular formula is C5H7ClF4. The standard InChI is InChI=1S/C5H7ClF4/c1-4(7,8)5(9,10)2-3-6/h2-3H2,1H3. The highest BCUT2D eigenvalue weighted by atomic mass is 35.5. The van der Waals surface area contributed by atoms with E-state index in [-0.39, 0.29) is 6.92 Å². The molecule has 0 spiro atoms. The molecule has 0 radical (unpaired) electrons. The molecule has 0 saturated heterocycles. The van der Waals surface area contributed by atoms with Crippen LogP contribution < -0.4 is 0 Å². The predicted molar refractivity (Wildman–Crippen MR) is 30.9 cm³/mol. The van der Waals surface area contributed by atoms with Crippen molar-refractivity contribution in [2.24, 2.45) is 0 Å². The Labute approximate surface area is 61.2 Å². The summed E-state index contributed by atoms with van der Waals surface area (Å²) in [5.74, 6) is -8.41. The zero-order chi connectivity index (χ0) is 8.41. The number of rotatable bonds is 3. The van der Waals surface area contributed by atoms with E-state index < -0.39 is 24.1 Å². The van der Waals surface area contributed by atoms with Crippen LogP contribution in [0.1, 0.15) is 13.3 Å². The molecule has 0 aromatic heterocycles. The largest absolute Gasteiger partial charge is 0.311 e. The Hall–Kier alpha value is 0.01000. The van der Waals surface area contributed by atoms with Crippen molar-refractivity contribution in [3.05, 3.63) is 0 Å². The Morgan fingerprint density at radius 2 is 1.60 bits per heavy atom. The first-order valence-corrected chi connectivity index (χ1v) is 3.16. The van der Waals surface area contributed by atoms with Crippen molar-refractivity contribution in [3.8, 4) is 0 Å². The zero-order valence-electron chi connectivity index (χ0n) is 5.30. The van der Waals surface area contributed by atoms with Crippen molar-refractivity contribution in [2.75, 3.05) is 5.88 Å². The summed E-state index contributed by atoms with van der Waals surface area (Å²) in [7, 11) is 0. The maximum absolute atomic E-state index is 12.1. The lowest BCUT2D eigenvalue weighted by Crippen LogP contribution is -2.37. The highest BCUT2D eigenvalue weighted by Crippen LogP contribution is 2.36. The van der Waals surface area contributed by atoms with Crippen LogP contribution in [0, 0.1) is 0 Å². The summed E-state index contributed by atoms with van der Waals surface area (Å²) < 4.78 is 47.9. The maximum atomic E-state index is 12.1. The molecule has 0 heterocycles. The van der Waals surface area contributed by atoms with Gasteiger partial charge >= 0.3 is 11.8 Å². The van der Waals surface area contributed by atoms with Gasteiger partial charge in [-0.1, -0.05) is 0 Å². The van der Waals surface area contributed by atoms with Gasteiger partial charge < -0.3 is 0 Å². The van der Waals surface area contributed by atoms with Gasteiger partial charge in [-0.2, -0.15) is 8.78 Å². The number of alkyl halides is 5. The minimum absolute atomic E-state index is 0.180. The van der Waals surface area contributed by atoms with Gasteiger partial charge in [-0.05, 0) is 0 Å². The predicted octanol–water partition coefficient (Wildman–Crippen LogP) is 2.91. The number of hydrogen-bond donors (Lipinski definition) is 0. The number of hydrogen-bond acceptors (Lipinski definition) is 0. The van der Waals surface area contributed by atoms with Crippen LogP contribution in [-0.2, 0) is 0 Å². The highest BCUT2D eigenvalue weighted by molar-refractivity contribution is 6.17. The first kappa shape index (κ1) is 10.0. The van der Waals surface area contributed by atoms with Gasteiger partial charge in [0.2, 0.25) is 0 Å². The summed E-state index contributed by atoms with van der Waals surface area (Å²) in [5.41, 5.74) is 0. The van der Waals surface area contributed by atoms with Crippen molar-refractivity contribution >= 4 is 11.6 Å².